The second kappa shape index (κ2) is 1.88. The van der Waals surface area contributed by atoms with Gasteiger partial charge in [0.05, 0.1) is 0 Å². The Kier molecular flexibility index (Phi) is 1.13. The largest absolute Gasteiger partial charge is 0.353 e. The molecule has 2 aliphatic rings. The van der Waals surface area contributed by atoms with Gasteiger partial charge in [0.1, 0.15) is 0 Å². The van der Waals surface area contributed by atoms with Gasteiger partial charge in [0, 0.05) is 6.20 Å². The lowest BCUT2D eigenvalue weighted by Crippen LogP contribution is -2.34. The molecule has 2 heterocycles. The van der Waals surface area contributed by atoms with Crippen molar-refractivity contribution in [2.24, 2.45) is 5.10 Å². The van der Waals surface area contributed by atoms with Crippen LogP contribution < -0.4 is 0 Å². The monoisotopic (exact) mass is 159 g/mol. The molecule has 0 saturated heterocycles. The molecule has 6 heteroatoms. The van der Waals surface area contributed by atoms with Gasteiger partial charge >= 0.3 is 0 Å². The van der Waals surface area contributed by atoms with Crippen LogP contribution in [0.25, 0.3) is 0 Å². The Morgan fingerprint density at radius 3 is 3.20 bits per heavy atom. The molecule has 2 aliphatic heterocycles. The van der Waals surface area contributed by atoms with Crippen molar-refractivity contribution >= 4 is 16.9 Å². The normalized spacial score (nSPS) is 29.4. The second-order valence-electron chi connectivity index (χ2n) is 1.86. The number of hydrogen-bond donors (Lipinski definition) is 2. The molecule has 0 radical (unpaired) electrons. The third kappa shape index (κ3) is 0.634. The Hall–Kier alpha value is -0.720. The van der Waals surface area contributed by atoms with Crippen molar-refractivity contribution in [2.45, 2.75) is 6.35 Å². The molecule has 54 valence electrons. The molecule has 0 fully saturated rings. The average molecular weight is 159 g/mol. The van der Waals surface area contributed by atoms with Crippen LogP contribution in [0.5, 0.6) is 0 Å². The van der Waals surface area contributed by atoms with Crippen LogP contribution in [0.4, 0.5) is 0 Å². The Bertz CT molecular complexity index is 217. The molecule has 10 heavy (non-hydrogen) atoms. The van der Waals surface area contributed by atoms with Crippen LogP contribution in [0.1, 0.15) is 0 Å². The third-order valence-corrected chi connectivity index (χ3v) is 2.02. The van der Waals surface area contributed by atoms with Crippen LogP contribution in [0.3, 0.4) is 0 Å². The lowest BCUT2D eigenvalue weighted by Gasteiger charge is -2.16. The predicted octanol–water partition coefficient (Wildman–Crippen LogP) is -0.242. The summed E-state index contributed by atoms with van der Waals surface area (Å²) in [7, 11) is 0. The maximum atomic E-state index is 9.09. The molecular formula is C4H5N3O2S. The SMILES string of the molecule is OC1N(O)N=C2SC=CN21. The summed E-state index contributed by atoms with van der Waals surface area (Å²) in [6.45, 7) is 0. The summed E-state index contributed by atoms with van der Waals surface area (Å²) in [6, 6.07) is 0. The minimum absolute atomic E-state index is 0.520. The minimum Gasteiger partial charge on any atom is -0.353 e. The summed E-state index contributed by atoms with van der Waals surface area (Å²) in [5.74, 6) is 0. The van der Waals surface area contributed by atoms with E-state index in [2.05, 4.69) is 5.10 Å². The van der Waals surface area contributed by atoms with Crippen LogP contribution in [0, 0.1) is 0 Å². The molecule has 1 atom stereocenters. The zero-order chi connectivity index (χ0) is 7.14. The first-order chi connectivity index (χ1) is 4.79. The summed E-state index contributed by atoms with van der Waals surface area (Å²) < 4.78 is 0. The number of rotatable bonds is 0. The Morgan fingerprint density at radius 2 is 2.50 bits per heavy atom. The first-order valence-corrected chi connectivity index (χ1v) is 3.53. The van der Waals surface area contributed by atoms with Gasteiger partial charge in [-0.25, -0.2) is 0 Å². The highest BCUT2D eigenvalue weighted by Gasteiger charge is 2.32. The van der Waals surface area contributed by atoms with E-state index >= 15 is 0 Å². The fourth-order valence-corrected chi connectivity index (χ4v) is 1.50. The topological polar surface area (TPSA) is 59.3 Å². The van der Waals surface area contributed by atoms with E-state index in [0.29, 0.717) is 10.3 Å². The highest BCUT2D eigenvalue weighted by Crippen LogP contribution is 2.26. The number of hydrazone groups is 1. The van der Waals surface area contributed by atoms with Gasteiger partial charge in [-0.3, -0.25) is 10.1 Å². The van der Waals surface area contributed by atoms with E-state index in [0.717, 1.165) is 0 Å². The van der Waals surface area contributed by atoms with Gasteiger partial charge in [0.15, 0.2) is 5.17 Å². The first-order valence-electron chi connectivity index (χ1n) is 2.65. The van der Waals surface area contributed by atoms with Crippen LogP contribution in [-0.4, -0.2) is 31.9 Å². The van der Waals surface area contributed by atoms with Crippen molar-refractivity contribution in [3.05, 3.63) is 11.6 Å². The number of hydrogen-bond acceptors (Lipinski definition) is 6. The highest BCUT2D eigenvalue weighted by atomic mass is 32.2. The smallest absolute Gasteiger partial charge is 0.254 e. The number of fused-ring (bicyclic) bond motifs is 1. The van der Waals surface area contributed by atoms with Gasteiger partial charge < -0.3 is 5.11 Å². The molecule has 0 aromatic carbocycles. The van der Waals surface area contributed by atoms with Gasteiger partial charge in [-0.05, 0) is 5.41 Å². The van der Waals surface area contributed by atoms with Crippen molar-refractivity contribution in [1.82, 2.24) is 10.1 Å². The van der Waals surface area contributed by atoms with Crippen molar-refractivity contribution in [1.29, 1.82) is 0 Å². The van der Waals surface area contributed by atoms with E-state index in [1.165, 1.54) is 16.7 Å². The molecule has 0 saturated carbocycles. The number of nitrogens with zero attached hydrogens (tertiary/aromatic N) is 3. The Labute approximate surface area is 61.2 Å². The molecule has 0 amide bonds. The molecule has 1 unspecified atom stereocenters. The zero-order valence-electron chi connectivity index (χ0n) is 4.88. The van der Waals surface area contributed by atoms with Crippen molar-refractivity contribution < 1.29 is 10.3 Å². The standard InChI is InChI=1S/C4H5N3O2S/c8-4-6-1-2-10-3(6)5-7(4)9/h1-2,4,8-9H. The third-order valence-electron chi connectivity index (χ3n) is 1.26. The number of hydroxylamine groups is 1. The van der Waals surface area contributed by atoms with Gasteiger partial charge in [0.25, 0.3) is 6.35 Å². The summed E-state index contributed by atoms with van der Waals surface area (Å²) in [6.07, 6.45) is 0.603. The minimum atomic E-state index is -1.05. The van der Waals surface area contributed by atoms with E-state index in [1.807, 2.05) is 0 Å². The maximum absolute atomic E-state index is 9.09. The number of amidine groups is 1. The molecule has 0 aliphatic carbocycles. The van der Waals surface area contributed by atoms with Crippen LogP contribution in [0.15, 0.2) is 16.7 Å². The van der Waals surface area contributed by atoms with Crippen molar-refractivity contribution in [3.8, 4) is 0 Å². The summed E-state index contributed by atoms with van der Waals surface area (Å²) >= 11 is 1.35. The zero-order valence-corrected chi connectivity index (χ0v) is 5.69. The van der Waals surface area contributed by atoms with Gasteiger partial charge in [0.2, 0.25) is 0 Å². The number of aliphatic hydroxyl groups excluding tert-OH is 1. The van der Waals surface area contributed by atoms with E-state index in [4.69, 9.17) is 10.3 Å². The molecule has 2 rings (SSSR count). The lowest BCUT2D eigenvalue weighted by atomic mass is 10.7. The van der Waals surface area contributed by atoms with Crippen molar-refractivity contribution in [3.63, 3.8) is 0 Å². The molecular weight excluding hydrogens is 154 g/mol. The van der Waals surface area contributed by atoms with E-state index < -0.39 is 6.35 Å². The fourth-order valence-electron chi connectivity index (χ4n) is 0.783. The van der Waals surface area contributed by atoms with Gasteiger partial charge in [-0.15, -0.1) is 10.3 Å². The first kappa shape index (κ1) is 6.02. The molecule has 0 aromatic rings. The molecule has 5 nitrogen and oxygen atoms in total. The van der Waals surface area contributed by atoms with E-state index in [-0.39, 0.29) is 0 Å². The van der Waals surface area contributed by atoms with Crippen LogP contribution in [-0.2, 0) is 0 Å². The second-order valence-corrected chi connectivity index (χ2v) is 2.73. The van der Waals surface area contributed by atoms with Crippen molar-refractivity contribution in [2.75, 3.05) is 0 Å². The number of aliphatic hydroxyl groups is 1. The maximum Gasteiger partial charge on any atom is 0.254 e. The number of thioether (sulfide) groups is 1. The quantitative estimate of drug-likeness (QED) is 0.510. The van der Waals surface area contributed by atoms with E-state index in [1.54, 1.807) is 11.6 Å². The molecule has 0 aromatic heterocycles. The molecule has 0 spiro atoms. The average Bonchev–Trinajstić information content (AvgIpc) is 2.41. The van der Waals surface area contributed by atoms with Gasteiger partial charge in [-0.1, -0.05) is 11.8 Å². The molecule has 2 N–H and O–H groups in total. The van der Waals surface area contributed by atoms with Crippen LogP contribution in [0.2, 0.25) is 0 Å². The van der Waals surface area contributed by atoms with Gasteiger partial charge in [-0.2, -0.15) is 0 Å². The molecule has 0 bridgehead atoms. The fraction of sp³-hybridized carbons (Fsp3) is 0.250. The highest BCUT2D eigenvalue weighted by molar-refractivity contribution is 8.16. The summed E-state index contributed by atoms with van der Waals surface area (Å²) in [5.41, 5.74) is 0. The summed E-state index contributed by atoms with van der Waals surface area (Å²) in [4.78, 5) is 1.46. The lowest BCUT2D eigenvalue weighted by molar-refractivity contribution is -0.213. The predicted molar refractivity (Wildman–Crippen MR) is 35.6 cm³/mol. The summed E-state index contributed by atoms with van der Waals surface area (Å²) in [5, 5.41) is 24.4. The Balaban J connectivity index is 2.27. The Morgan fingerprint density at radius 1 is 1.70 bits per heavy atom. The van der Waals surface area contributed by atoms with E-state index in [9.17, 15) is 0 Å². The van der Waals surface area contributed by atoms with Crippen LogP contribution >= 0.6 is 11.8 Å².